The lowest BCUT2D eigenvalue weighted by atomic mass is 9.81. The first-order valence-corrected chi connectivity index (χ1v) is 6.73. The second-order valence-corrected chi connectivity index (χ2v) is 5.03. The highest BCUT2D eigenvalue weighted by molar-refractivity contribution is 5.42. The summed E-state index contributed by atoms with van der Waals surface area (Å²) in [5, 5.41) is 0. The molecule has 3 nitrogen and oxygen atoms in total. The summed E-state index contributed by atoms with van der Waals surface area (Å²) in [6.07, 6.45) is 6.42. The molecule has 0 aromatic heterocycles. The Morgan fingerprint density at radius 1 is 1.11 bits per heavy atom. The van der Waals surface area contributed by atoms with Crippen molar-refractivity contribution in [2.24, 2.45) is 11.7 Å². The maximum Gasteiger partial charge on any atom is 0.127 e. The number of nitrogens with two attached hydrogens (primary N) is 1. The van der Waals surface area contributed by atoms with Gasteiger partial charge in [0.05, 0.1) is 14.2 Å². The zero-order valence-corrected chi connectivity index (χ0v) is 11.3. The third-order valence-corrected chi connectivity index (χ3v) is 3.96. The second kappa shape index (κ2) is 6.10. The van der Waals surface area contributed by atoms with Crippen LogP contribution < -0.4 is 15.2 Å². The van der Waals surface area contributed by atoms with Crippen molar-refractivity contribution in [2.75, 3.05) is 14.2 Å². The lowest BCUT2D eigenvalue weighted by Crippen LogP contribution is -2.24. The van der Waals surface area contributed by atoms with E-state index in [4.69, 9.17) is 15.2 Å². The molecule has 3 heteroatoms. The molecule has 0 aliphatic heterocycles. The SMILES string of the molecule is COc1ccc([C@H](N)C2CCCCC2)c(OC)c1. The molecule has 1 atom stereocenters. The van der Waals surface area contributed by atoms with Crippen molar-refractivity contribution >= 4 is 0 Å². The van der Waals surface area contributed by atoms with Gasteiger partial charge in [-0.25, -0.2) is 0 Å². The van der Waals surface area contributed by atoms with E-state index >= 15 is 0 Å². The summed E-state index contributed by atoms with van der Waals surface area (Å²) in [7, 11) is 3.35. The molecule has 0 heterocycles. The van der Waals surface area contributed by atoms with Crippen LogP contribution in [0.4, 0.5) is 0 Å². The number of hydrogen-bond acceptors (Lipinski definition) is 3. The molecule has 1 fully saturated rings. The molecule has 1 aromatic carbocycles. The van der Waals surface area contributed by atoms with Gasteiger partial charge in [0.1, 0.15) is 11.5 Å². The van der Waals surface area contributed by atoms with Gasteiger partial charge in [-0.05, 0) is 24.8 Å². The van der Waals surface area contributed by atoms with Gasteiger partial charge in [0.15, 0.2) is 0 Å². The average molecular weight is 249 g/mol. The van der Waals surface area contributed by atoms with Gasteiger partial charge in [0.25, 0.3) is 0 Å². The molecule has 100 valence electrons. The van der Waals surface area contributed by atoms with E-state index in [1.165, 1.54) is 32.1 Å². The van der Waals surface area contributed by atoms with Crippen molar-refractivity contribution < 1.29 is 9.47 Å². The molecule has 0 amide bonds. The molecule has 1 saturated carbocycles. The topological polar surface area (TPSA) is 44.5 Å². The van der Waals surface area contributed by atoms with Crippen LogP contribution in [-0.4, -0.2) is 14.2 Å². The molecular weight excluding hydrogens is 226 g/mol. The van der Waals surface area contributed by atoms with E-state index in [0.717, 1.165) is 17.1 Å². The lowest BCUT2D eigenvalue weighted by Gasteiger charge is -2.28. The van der Waals surface area contributed by atoms with Gasteiger partial charge in [-0.2, -0.15) is 0 Å². The normalized spacial score (nSPS) is 18.4. The molecule has 2 N–H and O–H groups in total. The summed E-state index contributed by atoms with van der Waals surface area (Å²) in [4.78, 5) is 0. The van der Waals surface area contributed by atoms with Gasteiger partial charge in [0, 0.05) is 17.7 Å². The standard InChI is InChI=1S/C15H23NO2/c1-17-12-8-9-13(14(10-12)18-2)15(16)11-6-4-3-5-7-11/h8-11,15H,3-7,16H2,1-2H3/t15-/m1/s1. The van der Waals surface area contributed by atoms with Gasteiger partial charge in [-0.1, -0.05) is 25.3 Å². The molecule has 0 bridgehead atoms. The molecule has 18 heavy (non-hydrogen) atoms. The van der Waals surface area contributed by atoms with Crippen LogP contribution in [-0.2, 0) is 0 Å². The Morgan fingerprint density at radius 3 is 2.44 bits per heavy atom. The first kappa shape index (κ1) is 13.2. The van der Waals surface area contributed by atoms with Crippen molar-refractivity contribution in [2.45, 2.75) is 38.1 Å². The summed E-state index contributed by atoms with van der Waals surface area (Å²) in [6, 6.07) is 5.99. The molecule has 1 aliphatic carbocycles. The Bertz CT molecular complexity index is 386. The maximum absolute atomic E-state index is 6.42. The molecule has 1 aliphatic rings. The van der Waals surface area contributed by atoms with Crippen LogP contribution >= 0.6 is 0 Å². The van der Waals surface area contributed by atoms with Crippen LogP contribution in [0.25, 0.3) is 0 Å². The van der Waals surface area contributed by atoms with Crippen molar-refractivity contribution in [3.8, 4) is 11.5 Å². The first-order chi connectivity index (χ1) is 8.76. The van der Waals surface area contributed by atoms with Crippen molar-refractivity contribution in [3.63, 3.8) is 0 Å². The summed E-state index contributed by atoms with van der Waals surface area (Å²) in [5.41, 5.74) is 7.52. The minimum Gasteiger partial charge on any atom is -0.497 e. The monoisotopic (exact) mass is 249 g/mol. The number of hydrogen-bond donors (Lipinski definition) is 1. The second-order valence-electron chi connectivity index (χ2n) is 5.03. The quantitative estimate of drug-likeness (QED) is 0.890. The Kier molecular flexibility index (Phi) is 4.48. The summed E-state index contributed by atoms with van der Waals surface area (Å²) < 4.78 is 10.7. The molecule has 0 radical (unpaired) electrons. The van der Waals surface area contributed by atoms with Crippen molar-refractivity contribution in [3.05, 3.63) is 23.8 Å². The predicted molar refractivity (Wildman–Crippen MR) is 73.0 cm³/mol. The minimum atomic E-state index is 0.0751. The van der Waals surface area contributed by atoms with E-state index in [2.05, 4.69) is 0 Å². The lowest BCUT2D eigenvalue weighted by molar-refractivity contribution is 0.300. The van der Waals surface area contributed by atoms with E-state index in [9.17, 15) is 0 Å². The van der Waals surface area contributed by atoms with Crippen LogP contribution in [0.15, 0.2) is 18.2 Å². The van der Waals surface area contributed by atoms with E-state index in [1.807, 2.05) is 18.2 Å². The third-order valence-electron chi connectivity index (χ3n) is 3.96. The highest BCUT2D eigenvalue weighted by Crippen LogP contribution is 2.37. The smallest absolute Gasteiger partial charge is 0.127 e. The van der Waals surface area contributed by atoms with Gasteiger partial charge in [-0.15, -0.1) is 0 Å². The maximum atomic E-state index is 6.42. The van der Waals surface area contributed by atoms with E-state index in [1.54, 1.807) is 14.2 Å². The molecule has 0 saturated heterocycles. The number of benzene rings is 1. The Labute approximate surface area is 109 Å². The van der Waals surface area contributed by atoms with E-state index < -0.39 is 0 Å². The molecule has 1 aromatic rings. The predicted octanol–water partition coefficient (Wildman–Crippen LogP) is 3.28. The van der Waals surface area contributed by atoms with Crippen LogP contribution in [0.3, 0.4) is 0 Å². The molecular formula is C15H23NO2. The van der Waals surface area contributed by atoms with Crippen molar-refractivity contribution in [1.29, 1.82) is 0 Å². The number of ether oxygens (including phenoxy) is 2. The third kappa shape index (κ3) is 2.78. The fourth-order valence-electron chi connectivity index (χ4n) is 2.84. The number of rotatable bonds is 4. The Morgan fingerprint density at radius 2 is 1.83 bits per heavy atom. The van der Waals surface area contributed by atoms with Crippen LogP contribution in [0.2, 0.25) is 0 Å². The fraction of sp³-hybridized carbons (Fsp3) is 0.600. The fourth-order valence-corrected chi connectivity index (χ4v) is 2.84. The van der Waals surface area contributed by atoms with Gasteiger partial charge >= 0.3 is 0 Å². The molecule has 2 rings (SSSR count). The van der Waals surface area contributed by atoms with E-state index in [0.29, 0.717) is 5.92 Å². The number of methoxy groups -OCH3 is 2. The summed E-state index contributed by atoms with van der Waals surface area (Å²) >= 11 is 0. The summed E-state index contributed by atoms with van der Waals surface area (Å²) in [5.74, 6) is 2.24. The first-order valence-electron chi connectivity index (χ1n) is 6.73. The highest BCUT2D eigenvalue weighted by atomic mass is 16.5. The zero-order valence-electron chi connectivity index (χ0n) is 11.3. The van der Waals surface area contributed by atoms with Crippen LogP contribution in [0, 0.1) is 5.92 Å². The average Bonchev–Trinajstić information content (AvgIpc) is 2.46. The van der Waals surface area contributed by atoms with Crippen LogP contribution in [0.5, 0.6) is 11.5 Å². The van der Waals surface area contributed by atoms with Crippen molar-refractivity contribution in [1.82, 2.24) is 0 Å². The molecule has 0 unspecified atom stereocenters. The molecule has 0 spiro atoms. The Hall–Kier alpha value is -1.22. The zero-order chi connectivity index (χ0) is 13.0. The van der Waals surface area contributed by atoms with Gasteiger partial charge in [0.2, 0.25) is 0 Å². The van der Waals surface area contributed by atoms with Gasteiger partial charge in [-0.3, -0.25) is 0 Å². The van der Waals surface area contributed by atoms with E-state index in [-0.39, 0.29) is 6.04 Å². The highest BCUT2D eigenvalue weighted by Gasteiger charge is 2.24. The van der Waals surface area contributed by atoms with Crippen LogP contribution in [0.1, 0.15) is 43.7 Å². The van der Waals surface area contributed by atoms with Gasteiger partial charge < -0.3 is 15.2 Å². The minimum absolute atomic E-state index is 0.0751. The largest absolute Gasteiger partial charge is 0.497 e. The Balaban J connectivity index is 2.20. The summed E-state index contributed by atoms with van der Waals surface area (Å²) in [6.45, 7) is 0.